The Bertz CT molecular complexity index is 676. The lowest BCUT2D eigenvalue weighted by Gasteiger charge is -2.10. The molecule has 2 heterocycles. The van der Waals surface area contributed by atoms with Gasteiger partial charge in [-0.05, 0) is 37.6 Å². The second-order valence-electron chi connectivity index (χ2n) is 5.82. The van der Waals surface area contributed by atoms with Crippen LogP contribution in [0.4, 0.5) is 4.39 Å². The minimum atomic E-state index is -0.264. The molecule has 1 aromatic carbocycles. The molecule has 0 spiro atoms. The molecule has 2 aromatic rings. The van der Waals surface area contributed by atoms with Crippen LogP contribution in [0.5, 0.6) is 0 Å². The second-order valence-corrected chi connectivity index (χ2v) is 5.82. The second kappa shape index (κ2) is 6.44. The molecule has 0 bridgehead atoms. The summed E-state index contributed by atoms with van der Waals surface area (Å²) >= 11 is 0. The van der Waals surface area contributed by atoms with Gasteiger partial charge in [0.2, 0.25) is 5.91 Å². The molecule has 0 saturated carbocycles. The number of carbonyl (C=O) groups is 1. The average molecular weight is 304 g/mol. The Kier molecular flexibility index (Phi) is 4.38. The summed E-state index contributed by atoms with van der Waals surface area (Å²) in [5.41, 5.74) is 1.55. The van der Waals surface area contributed by atoms with Crippen molar-refractivity contribution in [2.75, 3.05) is 13.1 Å². The number of nitrogens with zero attached hydrogens (tertiary/aromatic N) is 2. The largest absolute Gasteiger partial charge is 0.356 e. The van der Waals surface area contributed by atoms with Gasteiger partial charge in [-0.1, -0.05) is 0 Å². The summed E-state index contributed by atoms with van der Waals surface area (Å²) in [5.74, 6) is 0.656. The molecule has 2 N–H and O–H groups in total. The van der Waals surface area contributed by atoms with E-state index in [0.29, 0.717) is 25.4 Å². The molecule has 0 radical (unpaired) electrons. The van der Waals surface area contributed by atoms with Gasteiger partial charge < -0.3 is 15.2 Å². The molecule has 1 atom stereocenters. The Morgan fingerprint density at radius 3 is 3.18 bits per heavy atom. The first-order valence-corrected chi connectivity index (χ1v) is 7.74. The Labute approximate surface area is 128 Å². The quantitative estimate of drug-likeness (QED) is 0.880. The highest BCUT2D eigenvalue weighted by molar-refractivity contribution is 5.77. The molecule has 118 valence electrons. The predicted molar refractivity (Wildman–Crippen MR) is 83.0 cm³/mol. The van der Waals surface area contributed by atoms with Crippen LogP contribution in [0.1, 0.15) is 25.1 Å². The molecule has 1 aromatic heterocycles. The number of halogens is 1. The summed E-state index contributed by atoms with van der Waals surface area (Å²) in [6, 6.07) is 4.89. The zero-order valence-corrected chi connectivity index (χ0v) is 12.7. The number of fused-ring (bicyclic) bond motifs is 1. The van der Waals surface area contributed by atoms with E-state index in [2.05, 4.69) is 15.6 Å². The van der Waals surface area contributed by atoms with Gasteiger partial charge >= 0.3 is 0 Å². The number of amides is 1. The molecule has 1 amide bonds. The van der Waals surface area contributed by atoms with Gasteiger partial charge in [-0.3, -0.25) is 4.79 Å². The third-order valence-electron chi connectivity index (χ3n) is 4.20. The summed E-state index contributed by atoms with van der Waals surface area (Å²) in [7, 11) is 1.87. The van der Waals surface area contributed by atoms with Crippen molar-refractivity contribution in [3.8, 4) is 0 Å². The number of hydrogen-bond acceptors (Lipinski definition) is 3. The van der Waals surface area contributed by atoms with Crippen LogP contribution < -0.4 is 10.6 Å². The number of benzene rings is 1. The van der Waals surface area contributed by atoms with Crippen LogP contribution >= 0.6 is 0 Å². The highest BCUT2D eigenvalue weighted by atomic mass is 19.1. The fourth-order valence-electron chi connectivity index (χ4n) is 2.98. The first kappa shape index (κ1) is 15.0. The number of rotatable bonds is 5. The topological polar surface area (TPSA) is 59.0 Å². The van der Waals surface area contributed by atoms with Gasteiger partial charge in [0, 0.05) is 32.5 Å². The third-order valence-corrected chi connectivity index (χ3v) is 4.20. The van der Waals surface area contributed by atoms with Crippen LogP contribution in [0.15, 0.2) is 18.2 Å². The van der Waals surface area contributed by atoms with Crippen molar-refractivity contribution in [3.05, 3.63) is 29.8 Å². The van der Waals surface area contributed by atoms with Gasteiger partial charge in [-0.2, -0.15) is 0 Å². The number of carbonyl (C=O) groups excluding carboxylic acids is 1. The maximum atomic E-state index is 13.3. The van der Waals surface area contributed by atoms with Crippen molar-refractivity contribution in [1.82, 2.24) is 20.2 Å². The molecule has 1 saturated heterocycles. The third kappa shape index (κ3) is 3.27. The SMILES string of the molecule is Cn1c(CCNC(=O)CC2CCCN2)nc2ccc(F)cc21. The summed E-state index contributed by atoms with van der Waals surface area (Å²) in [5, 5.41) is 6.25. The molecule has 5 nitrogen and oxygen atoms in total. The summed E-state index contributed by atoms with van der Waals surface area (Å²) in [6.45, 7) is 1.56. The summed E-state index contributed by atoms with van der Waals surface area (Å²) in [4.78, 5) is 16.3. The molecule has 0 aliphatic carbocycles. The molecule has 6 heteroatoms. The lowest BCUT2D eigenvalue weighted by atomic mass is 10.1. The molecular formula is C16H21FN4O. The monoisotopic (exact) mass is 304 g/mol. The zero-order valence-electron chi connectivity index (χ0n) is 12.7. The van der Waals surface area contributed by atoms with E-state index in [9.17, 15) is 9.18 Å². The van der Waals surface area contributed by atoms with Crippen LogP contribution in [0.25, 0.3) is 11.0 Å². The van der Waals surface area contributed by atoms with Gasteiger partial charge in [0.05, 0.1) is 11.0 Å². The van der Waals surface area contributed by atoms with E-state index in [0.717, 1.165) is 36.2 Å². The lowest BCUT2D eigenvalue weighted by Crippen LogP contribution is -2.33. The highest BCUT2D eigenvalue weighted by Gasteiger charge is 2.17. The van der Waals surface area contributed by atoms with E-state index in [-0.39, 0.29) is 11.7 Å². The van der Waals surface area contributed by atoms with Crippen LogP contribution in [0, 0.1) is 5.82 Å². The van der Waals surface area contributed by atoms with E-state index >= 15 is 0 Å². The molecule has 22 heavy (non-hydrogen) atoms. The number of aryl methyl sites for hydroxylation is 1. The first-order chi connectivity index (χ1) is 10.6. The van der Waals surface area contributed by atoms with Crippen molar-refractivity contribution >= 4 is 16.9 Å². The standard InChI is InChI=1S/C16H21FN4O/c1-21-14-9-11(17)4-5-13(14)20-15(21)6-8-19-16(22)10-12-3-2-7-18-12/h4-5,9,12,18H,2-3,6-8,10H2,1H3,(H,19,22). The minimum absolute atomic E-state index is 0.0733. The maximum Gasteiger partial charge on any atom is 0.221 e. The fourth-order valence-corrected chi connectivity index (χ4v) is 2.98. The number of hydrogen-bond donors (Lipinski definition) is 2. The van der Waals surface area contributed by atoms with Gasteiger partial charge in [0.25, 0.3) is 0 Å². The normalized spacial score (nSPS) is 18.0. The summed E-state index contributed by atoms with van der Waals surface area (Å²) in [6.07, 6.45) is 3.39. The van der Waals surface area contributed by atoms with Gasteiger partial charge in [-0.25, -0.2) is 9.37 Å². The molecule has 1 aliphatic rings. The van der Waals surface area contributed by atoms with Gasteiger partial charge in [0.1, 0.15) is 11.6 Å². The minimum Gasteiger partial charge on any atom is -0.356 e. The summed E-state index contributed by atoms with van der Waals surface area (Å²) < 4.78 is 15.2. The van der Waals surface area contributed by atoms with Crippen molar-refractivity contribution in [1.29, 1.82) is 0 Å². The van der Waals surface area contributed by atoms with Crippen molar-refractivity contribution in [3.63, 3.8) is 0 Å². The van der Waals surface area contributed by atoms with Crippen LogP contribution in [-0.2, 0) is 18.3 Å². The molecular weight excluding hydrogens is 283 g/mol. The number of imidazole rings is 1. The van der Waals surface area contributed by atoms with Gasteiger partial charge in [0.15, 0.2) is 0 Å². The highest BCUT2D eigenvalue weighted by Crippen LogP contribution is 2.16. The molecule has 1 unspecified atom stereocenters. The van der Waals surface area contributed by atoms with Crippen LogP contribution in [0.3, 0.4) is 0 Å². The Morgan fingerprint density at radius 2 is 2.41 bits per heavy atom. The fraction of sp³-hybridized carbons (Fsp3) is 0.500. The van der Waals surface area contributed by atoms with E-state index in [1.165, 1.54) is 12.1 Å². The Hall–Kier alpha value is -1.95. The first-order valence-electron chi connectivity index (χ1n) is 7.74. The number of nitrogens with one attached hydrogen (secondary N) is 2. The smallest absolute Gasteiger partial charge is 0.221 e. The molecule has 1 fully saturated rings. The lowest BCUT2D eigenvalue weighted by molar-refractivity contribution is -0.121. The Morgan fingerprint density at radius 1 is 1.55 bits per heavy atom. The van der Waals surface area contributed by atoms with E-state index in [4.69, 9.17) is 0 Å². The van der Waals surface area contributed by atoms with E-state index < -0.39 is 0 Å². The number of aromatic nitrogens is 2. The Balaban J connectivity index is 1.55. The maximum absolute atomic E-state index is 13.3. The van der Waals surface area contributed by atoms with E-state index in [1.54, 1.807) is 6.07 Å². The zero-order chi connectivity index (χ0) is 15.5. The predicted octanol–water partition coefficient (Wildman–Crippen LogP) is 1.51. The average Bonchev–Trinajstić information content (AvgIpc) is 3.09. The van der Waals surface area contributed by atoms with Crippen molar-refractivity contribution in [2.24, 2.45) is 7.05 Å². The van der Waals surface area contributed by atoms with Crippen LogP contribution in [0.2, 0.25) is 0 Å². The van der Waals surface area contributed by atoms with E-state index in [1.807, 2.05) is 11.6 Å². The van der Waals surface area contributed by atoms with Crippen molar-refractivity contribution in [2.45, 2.75) is 31.7 Å². The molecule has 3 rings (SSSR count). The van der Waals surface area contributed by atoms with Crippen molar-refractivity contribution < 1.29 is 9.18 Å². The van der Waals surface area contributed by atoms with Gasteiger partial charge in [-0.15, -0.1) is 0 Å². The molecule has 1 aliphatic heterocycles. The van der Waals surface area contributed by atoms with Crippen LogP contribution in [-0.4, -0.2) is 34.6 Å².